The Bertz CT molecular complexity index is 1180. The van der Waals surface area contributed by atoms with E-state index < -0.39 is 4.92 Å². The van der Waals surface area contributed by atoms with Gasteiger partial charge < -0.3 is 5.32 Å². The summed E-state index contributed by atoms with van der Waals surface area (Å²) in [4.78, 5) is 27.6. The second kappa shape index (κ2) is 7.81. The van der Waals surface area contributed by atoms with Crippen LogP contribution in [0.15, 0.2) is 66.7 Å². The van der Waals surface area contributed by atoms with E-state index in [0.29, 0.717) is 12.1 Å². The number of carbonyl (C=O) groups is 1. The number of para-hydroxylation sites is 1. The van der Waals surface area contributed by atoms with Crippen LogP contribution in [0.2, 0.25) is 0 Å². The number of nitro groups is 1. The van der Waals surface area contributed by atoms with Gasteiger partial charge in [-0.05, 0) is 30.7 Å². The Morgan fingerprint density at radius 2 is 1.86 bits per heavy atom. The third-order valence-corrected chi connectivity index (χ3v) is 5.70. The van der Waals surface area contributed by atoms with Gasteiger partial charge in [-0.3, -0.25) is 14.9 Å². The van der Waals surface area contributed by atoms with Crippen molar-refractivity contribution in [2.75, 3.05) is 0 Å². The van der Waals surface area contributed by atoms with Crippen molar-refractivity contribution in [3.8, 4) is 10.6 Å². The van der Waals surface area contributed by atoms with E-state index in [4.69, 9.17) is 0 Å². The van der Waals surface area contributed by atoms with Crippen LogP contribution < -0.4 is 5.32 Å². The van der Waals surface area contributed by atoms with Gasteiger partial charge in [0.25, 0.3) is 11.6 Å². The highest BCUT2D eigenvalue weighted by Gasteiger charge is 2.15. The average Bonchev–Trinajstić information content (AvgIpc) is 3.17. The first kappa shape index (κ1) is 18.8. The lowest BCUT2D eigenvalue weighted by Crippen LogP contribution is -2.22. The topological polar surface area (TPSA) is 85.1 Å². The number of nitrogens with one attached hydrogen (secondary N) is 1. The molecule has 1 N–H and O–H groups in total. The molecule has 1 aromatic heterocycles. The van der Waals surface area contributed by atoms with Crippen LogP contribution in [0.25, 0.3) is 20.8 Å². The monoisotopic (exact) mass is 403 g/mol. The third kappa shape index (κ3) is 4.00. The molecule has 7 heteroatoms. The summed E-state index contributed by atoms with van der Waals surface area (Å²) in [7, 11) is 0. The van der Waals surface area contributed by atoms with Crippen molar-refractivity contribution in [1.29, 1.82) is 0 Å². The maximum atomic E-state index is 12.3. The highest BCUT2D eigenvalue weighted by atomic mass is 32.1. The number of amides is 1. The van der Waals surface area contributed by atoms with Crippen LogP contribution in [0.3, 0.4) is 0 Å². The van der Waals surface area contributed by atoms with Gasteiger partial charge in [0.15, 0.2) is 0 Å². The Morgan fingerprint density at radius 3 is 2.59 bits per heavy atom. The maximum absolute atomic E-state index is 12.3. The molecular weight excluding hydrogens is 386 g/mol. The number of nitro benzene ring substituents is 1. The number of hydrogen-bond acceptors (Lipinski definition) is 5. The number of fused-ring (bicyclic) bond motifs is 1. The standard InChI is InChI=1S/C22H17N3O3S/c1-14-6-9-17(12-19(14)25(27)28)21(26)23-13-15-7-10-16(11-8-15)22-24-18-4-2-3-5-20(18)29-22/h2-12H,13H2,1H3,(H,23,26). The first-order valence-corrected chi connectivity index (χ1v) is 9.81. The smallest absolute Gasteiger partial charge is 0.273 e. The zero-order valence-corrected chi connectivity index (χ0v) is 16.4. The van der Waals surface area contributed by atoms with E-state index in [1.165, 1.54) is 6.07 Å². The number of benzene rings is 3. The quantitative estimate of drug-likeness (QED) is 0.371. The van der Waals surface area contributed by atoms with Crippen molar-refractivity contribution in [2.45, 2.75) is 13.5 Å². The van der Waals surface area contributed by atoms with Crippen LogP contribution >= 0.6 is 11.3 Å². The second-order valence-electron chi connectivity index (χ2n) is 6.62. The van der Waals surface area contributed by atoms with Crippen molar-refractivity contribution in [1.82, 2.24) is 10.3 Å². The molecule has 1 amide bonds. The molecule has 0 saturated carbocycles. The second-order valence-corrected chi connectivity index (χ2v) is 7.66. The normalized spacial score (nSPS) is 10.8. The number of aryl methyl sites for hydroxylation is 1. The summed E-state index contributed by atoms with van der Waals surface area (Å²) in [5.74, 6) is -0.344. The lowest BCUT2D eigenvalue weighted by atomic mass is 10.1. The molecule has 6 nitrogen and oxygen atoms in total. The molecule has 0 atom stereocenters. The Labute approximate surface area is 171 Å². The fraction of sp³-hybridized carbons (Fsp3) is 0.0909. The van der Waals surface area contributed by atoms with Crippen LogP contribution in [-0.2, 0) is 6.54 Å². The van der Waals surface area contributed by atoms with Crippen molar-refractivity contribution in [3.05, 3.63) is 93.5 Å². The number of nitrogens with zero attached hydrogens (tertiary/aromatic N) is 2. The highest BCUT2D eigenvalue weighted by Crippen LogP contribution is 2.30. The molecule has 0 aliphatic carbocycles. The van der Waals surface area contributed by atoms with Crippen LogP contribution in [-0.4, -0.2) is 15.8 Å². The Balaban J connectivity index is 1.44. The molecule has 0 aliphatic heterocycles. The minimum Gasteiger partial charge on any atom is -0.348 e. The lowest BCUT2D eigenvalue weighted by Gasteiger charge is -2.07. The first-order chi connectivity index (χ1) is 14.0. The largest absolute Gasteiger partial charge is 0.348 e. The molecule has 0 saturated heterocycles. The van der Waals surface area contributed by atoms with Gasteiger partial charge in [0.2, 0.25) is 0 Å². The number of thiazole rings is 1. The van der Waals surface area contributed by atoms with Gasteiger partial charge in [-0.15, -0.1) is 11.3 Å². The summed E-state index contributed by atoms with van der Waals surface area (Å²) < 4.78 is 1.14. The molecule has 4 rings (SSSR count). The van der Waals surface area contributed by atoms with Crippen molar-refractivity contribution < 1.29 is 9.72 Å². The van der Waals surface area contributed by atoms with Gasteiger partial charge in [0, 0.05) is 29.3 Å². The molecule has 0 bridgehead atoms. The predicted molar refractivity (Wildman–Crippen MR) is 114 cm³/mol. The maximum Gasteiger partial charge on any atom is 0.273 e. The van der Waals surface area contributed by atoms with Crippen LogP contribution in [0.4, 0.5) is 5.69 Å². The lowest BCUT2D eigenvalue weighted by molar-refractivity contribution is -0.385. The third-order valence-electron chi connectivity index (χ3n) is 4.62. The number of carbonyl (C=O) groups excluding carboxylic acids is 1. The van der Waals surface area contributed by atoms with Gasteiger partial charge >= 0.3 is 0 Å². The fourth-order valence-electron chi connectivity index (χ4n) is 2.99. The molecule has 144 valence electrons. The van der Waals surface area contributed by atoms with Crippen molar-refractivity contribution in [3.63, 3.8) is 0 Å². The van der Waals surface area contributed by atoms with Gasteiger partial charge in [0.1, 0.15) is 5.01 Å². The van der Waals surface area contributed by atoms with Gasteiger partial charge in [-0.25, -0.2) is 4.98 Å². The minimum atomic E-state index is -0.479. The molecule has 0 unspecified atom stereocenters. The molecule has 29 heavy (non-hydrogen) atoms. The summed E-state index contributed by atoms with van der Waals surface area (Å²) in [6.45, 7) is 1.98. The number of aromatic nitrogens is 1. The molecule has 4 aromatic rings. The molecule has 3 aromatic carbocycles. The van der Waals surface area contributed by atoms with Gasteiger partial charge in [0.05, 0.1) is 15.1 Å². The molecule has 0 radical (unpaired) electrons. The summed E-state index contributed by atoms with van der Waals surface area (Å²) in [6.07, 6.45) is 0. The molecule has 0 spiro atoms. The van der Waals surface area contributed by atoms with Gasteiger partial charge in [-0.1, -0.05) is 42.5 Å². The van der Waals surface area contributed by atoms with Crippen LogP contribution in [0.1, 0.15) is 21.5 Å². The van der Waals surface area contributed by atoms with E-state index in [2.05, 4.69) is 16.4 Å². The SMILES string of the molecule is Cc1ccc(C(=O)NCc2ccc(-c3nc4ccccc4s3)cc2)cc1[N+](=O)[O-]. The average molecular weight is 403 g/mol. The predicted octanol–water partition coefficient (Wildman–Crippen LogP) is 5.11. The Morgan fingerprint density at radius 1 is 1.10 bits per heavy atom. The fourth-order valence-corrected chi connectivity index (χ4v) is 3.96. The van der Waals surface area contributed by atoms with E-state index in [0.717, 1.165) is 26.4 Å². The number of hydrogen-bond donors (Lipinski definition) is 1. The van der Waals surface area contributed by atoms with E-state index in [1.54, 1.807) is 30.4 Å². The molecule has 0 fully saturated rings. The summed E-state index contributed by atoms with van der Waals surface area (Å²) in [5.41, 5.74) is 3.68. The van der Waals surface area contributed by atoms with E-state index >= 15 is 0 Å². The summed E-state index contributed by atoms with van der Waals surface area (Å²) >= 11 is 1.64. The first-order valence-electron chi connectivity index (χ1n) is 8.99. The van der Waals surface area contributed by atoms with E-state index in [1.807, 2.05) is 42.5 Å². The summed E-state index contributed by atoms with van der Waals surface area (Å²) in [6, 6.07) is 20.3. The zero-order valence-electron chi connectivity index (χ0n) is 15.6. The van der Waals surface area contributed by atoms with E-state index in [9.17, 15) is 14.9 Å². The van der Waals surface area contributed by atoms with Crippen molar-refractivity contribution >= 4 is 33.1 Å². The number of rotatable bonds is 5. The van der Waals surface area contributed by atoms with Crippen LogP contribution in [0, 0.1) is 17.0 Å². The minimum absolute atomic E-state index is 0.0576. The molecule has 0 aliphatic rings. The zero-order chi connectivity index (χ0) is 20.4. The highest BCUT2D eigenvalue weighted by molar-refractivity contribution is 7.21. The Hall–Kier alpha value is -3.58. The molecule has 1 heterocycles. The van der Waals surface area contributed by atoms with Crippen LogP contribution in [0.5, 0.6) is 0 Å². The molecular formula is C22H17N3O3S. The van der Waals surface area contributed by atoms with Gasteiger partial charge in [-0.2, -0.15) is 0 Å². The summed E-state index contributed by atoms with van der Waals surface area (Å²) in [5, 5.41) is 14.8. The van der Waals surface area contributed by atoms with Crippen molar-refractivity contribution in [2.24, 2.45) is 0 Å². The van der Waals surface area contributed by atoms with E-state index in [-0.39, 0.29) is 17.2 Å². The Kier molecular flexibility index (Phi) is 5.05.